The monoisotopic (exact) mass is 425 g/mol. The zero-order valence-corrected chi connectivity index (χ0v) is 17.3. The standard InChI is InChI=1S/C22H21F2N5O2/c1-13-11-28(2)19-5-4-14(6-16(13)19)9-21(30)26-20-10-25-29(27-20)12-15-7-17(23)22(31-3)18(24)8-15/h4-8,10-11H,9,12H2,1-3H3,(H,26,27,30). The lowest BCUT2D eigenvalue weighted by atomic mass is 10.1. The van der Waals surface area contributed by atoms with Gasteiger partial charge in [-0.15, -0.1) is 5.10 Å². The molecule has 0 aliphatic carbocycles. The van der Waals surface area contributed by atoms with Crippen LogP contribution in [0.2, 0.25) is 0 Å². The number of fused-ring (bicyclic) bond motifs is 1. The van der Waals surface area contributed by atoms with Gasteiger partial charge in [0.05, 0.1) is 26.3 Å². The van der Waals surface area contributed by atoms with Crippen LogP contribution in [0.1, 0.15) is 16.7 Å². The number of aromatic nitrogens is 4. The molecule has 1 amide bonds. The van der Waals surface area contributed by atoms with E-state index in [4.69, 9.17) is 0 Å². The Kier molecular flexibility index (Phi) is 5.41. The van der Waals surface area contributed by atoms with E-state index in [2.05, 4.69) is 20.3 Å². The zero-order chi connectivity index (χ0) is 22.1. The molecule has 4 aromatic rings. The summed E-state index contributed by atoms with van der Waals surface area (Å²) in [5, 5.41) is 12.0. The van der Waals surface area contributed by atoms with Crippen molar-refractivity contribution in [2.75, 3.05) is 12.4 Å². The quantitative estimate of drug-likeness (QED) is 0.512. The molecule has 0 bridgehead atoms. The van der Waals surface area contributed by atoms with Crippen molar-refractivity contribution in [1.29, 1.82) is 0 Å². The van der Waals surface area contributed by atoms with Crippen LogP contribution in [-0.4, -0.2) is 32.6 Å². The largest absolute Gasteiger partial charge is 0.491 e. The minimum atomic E-state index is -0.802. The highest BCUT2D eigenvalue weighted by Gasteiger charge is 2.13. The molecule has 0 saturated carbocycles. The third kappa shape index (κ3) is 4.25. The summed E-state index contributed by atoms with van der Waals surface area (Å²) in [6.07, 6.45) is 3.62. The Balaban J connectivity index is 1.42. The summed E-state index contributed by atoms with van der Waals surface area (Å²) >= 11 is 0. The number of hydrogen-bond acceptors (Lipinski definition) is 4. The van der Waals surface area contributed by atoms with Crippen LogP contribution in [0.4, 0.5) is 14.6 Å². The first kappa shape index (κ1) is 20.5. The van der Waals surface area contributed by atoms with E-state index in [9.17, 15) is 13.6 Å². The van der Waals surface area contributed by atoms with Crippen LogP contribution in [0.5, 0.6) is 5.75 Å². The van der Waals surface area contributed by atoms with E-state index in [1.807, 2.05) is 42.9 Å². The molecule has 4 rings (SSSR count). The van der Waals surface area contributed by atoms with Crippen LogP contribution in [0, 0.1) is 18.6 Å². The van der Waals surface area contributed by atoms with E-state index in [-0.39, 0.29) is 24.7 Å². The lowest BCUT2D eigenvalue weighted by molar-refractivity contribution is -0.115. The van der Waals surface area contributed by atoms with Gasteiger partial charge in [0, 0.05) is 24.1 Å². The van der Waals surface area contributed by atoms with E-state index in [0.29, 0.717) is 5.56 Å². The lowest BCUT2D eigenvalue weighted by Gasteiger charge is -2.06. The number of benzene rings is 2. The molecule has 0 fully saturated rings. The first-order valence-electron chi connectivity index (χ1n) is 9.60. The number of halogens is 2. The van der Waals surface area contributed by atoms with Gasteiger partial charge >= 0.3 is 0 Å². The highest BCUT2D eigenvalue weighted by Crippen LogP contribution is 2.23. The number of nitrogens with one attached hydrogen (secondary N) is 1. The number of anilines is 1. The number of methoxy groups -OCH3 is 1. The van der Waals surface area contributed by atoms with Gasteiger partial charge in [0.15, 0.2) is 23.2 Å². The number of carbonyl (C=O) groups is 1. The molecule has 0 aliphatic rings. The van der Waals surface area contributed by atoms with Gasteiger partial charge in [0.25, 0.3) is 0 Å². The Morgan fingerprint density at radius 3 is 2.61 bits per heavy atom. The number of aryl methyl sites for hydroxylation is 2. The maximum Gasteiger partial charge on any atom is 0.230 e. The van der Waals surface area contributed by atoms with Crippen LogP contribution in [0.25, 0.3) is 10.9 Å². The first-order chi connectivity index (χ1) is 14.8. The predicted molar refractivity (Wildman–Crippen MR) is 112 cm³/mol. The summed E-state index contributed by atoms with van der Waals surface area (Å²) in [6.45, 7) is 2.07. The fraction of sp³-hybridized carbons (Fsp3) is 0.227. The Hall–Kier alpha value is -3.75. The number of carbonyl (C=O) groups excluding carboxylic acids is 1. The summed E-state index contributed by atoms with van der Waals surface area (Å²) < 4.78 is 34.4. The second kappa shape index (κ2) is 8.17. The maximum absolute atomic E-state index is 13.8. The van der Waals surface area contributed by atoms with Gasteiger partial charge in [0.2, 0.25) is 5.91 Å². The van der Waals surface area contributed by atoms with Gasteiger partial charge in [-0.25, -0.2) is 8.78 Å². The van der Waals surface area contributed by atoms with Crippen molar-refractivity contribution in [3.63, 3.8) is 0 Å². The van der Waals surface area contributed by atoms with Crippen LogP contribution in [0.3, 0.4) is 0 Å². The van der Waals surface area contributed by atoms with Crippen molar-refractivity contribution < 1.29 is 18.3 Å². The first-order valence-corrected chi connectivity index (χ1v) is 9.60. The summed E-state index contributed by atoms with van der Waals surface area (Å²) in [6, 6.07) is 8.24. The molecule has 31 heavy (non-hydrogen) atoms. The molecule has 2 aromatic heterocycles. The SMILES string of the molecule is COc1c(F)cc(Cn2ncc(NC(=O)Cc3ccc4c(c3)c(C)cn4C)n2)cc1F. The minimum absolute atomic E-state index is 0.0393. The van der Waals surface area contributed by atoms with Crippen LogP contribution < -0.4 is 10.1 Å². The van der Waals surface area contributed by atoms with Crippen molar-refractivity contribution in [3.05, 3.63) is 71.1 Å². The highest BCUT2D eigenvalue weighted by atomic mass is 19.1. The molecule has 0 saturated heterocycles. The number of rotatable bonds is 6. The average Bonchev–Trinajstić information content (AvgIpc) is 3.25. The normalized spacial score (nSPS) is 11.1. The number of ether oxygens (including phenoxy) is 1. The second-order valence-electron chi connectivity index (χ2n) is 7.35. The molecule has 160 valence electrons. The Bertz CT molecular complexity index is 1260. The van der Waals surface area contributed by atoms with Gasteiger partial charge in [0.1, 0.15) is 0 Å². The average molecular weight is 425 g/mol. The van der Waals surface area contributed by atoms with Crippen molar-refractivity contribution >= 4 is 22.6 Å². The van der Waals surface area contributed by atoms with Crippen LogP contribution in [0.15, 0.2) is 42.7 Å². The molecule has 0 unspecified atom stereocenters. The number of amides is 1. The fourth-order valence-corrected chi connectivity index (χ4v) is 3.61. The van der Waals surface area contributed by atoms with Gasteiger partial charge < -0.3 is 14.6 Å². The van der Waals surface area contributed by atoms with Crippen molar-refractivity contribution in [1.82, 2.24) is 19.6 Å². The lowest BCUT2D eigenvalue weighted by Crippen LogP contribution is -2.15. The molecule has 2 heterocycles. The Morgan fingerprint density at radius 1 is 1.16 bits per heavy atom. The minimum Gasteiger partial charge on any atom is -0.491 e. The second-order valence-corrected chi connectivity index (χ2v) is 7.35. The van der Waals surface area contributed by atoms with E-state index in [1.54, 1.807) is 0 Å². The van der Waals surface area contributed by atoms with Crippen molar-refractivity contribution in [3.8, 4) is 5.75 Å². The predicted octanol–water partition coefficient (Wildman–Crippen LogP) is 3.59. The molecule has 0 aliphatic heterocycles. The van der Waals surface area contributed by atoms with Crippen molar-refractivity contribution in [2.24, 2.45) is 7.05 Å². The smallest absolute Gasteiger partial charge is 0.230 e. The van der Waals surface area contributed by atoms with Gasteiger partial charge in [-0.1, -0.05) is 6.07 Å². The molecular formula is C22H21F2N5O2. The molecule has 1 N–H and O–H groups in total. The summed E-state index contributed by atoms with van der Waals surface area (Å²) in [5.74, 6) is -2.01. The van der Waals surface area contributed by atoms with Crippen LogP contribution in [-0.2, 0) is 24.8 Å². The van der Waals surface area contributed by atoms with E-state index in [0.717, 1.165) is 34.2 Å². The molecule has 0 radical (unpaired) electrons. The molecule has 0 spiro atoms. The van der Waals surface area contributed by atoms with E-state index < -0.39 is 17.4 Å². The van der Waals surface area contributed by atoms with E-state index >= 15 is 0 Å². The number of nitrogens with zero attached hydrogens (tertiary/aromatic N) is 4. The maximum atomic E-state index is 13.8. The third-order valence-corrected chi connectivity index (χ3v) is 5.01. The Morgan fingerprint density at radius 2 is 1.90 bits per heavy atom. The summed E-state index contributed by atoms with van der Waals surface area (Å²) in [4.78, 5) is 13.7. The van der Waals surface area contributed by atoms with Crippen molar-refractivity contribution in [2.45, 2.75) is 19.9 Å². The number of hydrogen-bond donors (Lipinski definition) is 1. The molecular weight excluding hydrogens is 404 g/mol. The highest BCUT2D eigenvalue weighted by molar-refractivity contribution is 5.92. The molecule has 0 atom stereocenters. The van der Waals surface area contributed by atoms with Crippen LogP contribution >= 0.6 is 0 Å². The fourth-order valence-electron chi connectivity index (χ4n) is 3.61. The summed E-state index contributed by atoms with van der Waals surface area (Å²) in [5.41, 5.74) is 3.47. The Labute approximate surface area is 177 Å². The summed E-state index contributed by atoms with van der Waals surface area (Å²) in [7, 11) is 3.18. The van der Waals surface area contributed by atoms with Gasteiger partial charge in [-0.3, -0.25) is 4.79 Å². The van der Waals surface area contributed by atoms with Gasteiger partial charge in [-0.05, 0) is 47.9 Å². The molecule has 2 aromatic carbocycles. The molecule has 7 nitrogen and oxygen atoms in total. The van der Waals surface area contributed by atoms with Gasteiger partial charge in [-0.2, -0.15) is 9.90 Å². The third-order valence-electron chi connectivity index (χ3n) is 5.01. The van der Waals surface area contributed by atoms with E-state index in [1.165, 1.54) is 18.1 Å². The topological polar surface area (TPSA) is 74.0 Å². The zero-order valence-electron chi connectivity index (χ0n) is 17.3. The molecule has 9 heteroatoms.